The van der Waals surface area contributed by atoms with Crippen LogP contribution in [0.15, 0.2) is 48.5 Å². The van der Waals surface area contributed by atoms with E-state index in [1.165, 1.54) is 28.2 Å². The van der Waals surface area contributed by atoms with E-state index in [1.807, 2.05) is 0 Å². The minimum absolute atomic E-state index is 1.27. The van der Waals surface area contributed by atoms with Crippen molar-refractivity contribution < 1.29 is 0 Å². The van der Waals surface area contributed by atoms with E-state index in [2.05, 4.69) is 75.7 Å². The van der Waals surface area contributed by atoms with Gasteiger partial charge in [0.05, 0.1) is 11.1 Å². The van der Waals surface area contributed by atoms with Gasteiger partial charge in [-0.25, -0.2) is 0 Å². The molecule has 0 heterocycles. The fourth-order valence-electron chi connectivity index (χ4n) is 1.92. The highest BCUT2D eigenvalue weighted by Crippen LogP contribution is 2.24. The van der Waals surface area contributed by atoms with Crippen LogP contribution in [0.1, 0.15) is 36.1 Å². The maximum Gasteiger partial charge on any atom is 0.0753 e. The molecule has 0 aromatic heterocycles. The van der Waals surface area contributed by atoms with E-state index < -0.39 is 0 Å². The van der Waals surface area contributed by atoms with E-state index in [0.29, 0.717) is 0 Å². The Bertz CT molecular complexity index is 480. The van der Waals surface area contributed by atoms with Crippen molar-refractivity contribution in [3.63, 3.8) is 0 Å². The van der Waals surface area contributed by atoms with E-state index in [4.69, 9.17) is 0 Å². The molecule has 2 rings (SSSR count). The van der Waals surface area contributed by atoms with Gasteiger partial charge in [0.1, 0.15) is 0 Å². The van der Waals surface area contributed by atoms with Gasteiger partial charge in [0.25, 0.3) is 0 Å². The van der Waals surface area contributed by atoms with Crippen LogP contribution in [-0.2, 0) is 0 Å². The number of benzene rings is 2. The number of hydrogen-bond acceptors (Lipinski definition) is 0. The van der Waals surface area contributed by atoms with Gasteiger partial charge in [-0.3, -0.25) is 0 Å². The lowest BCUT2D eigenvalue weighted by molar-refractivity contribution is 1.18. The molecule has 0 nitrogen and oxygen atoms in total. The van der Waals surface area contributed by atoms with Crippen molar-refractivity contribution in [2.75, 3.05) is 0 Å². The SMILES string of the molecule is C[CH-]c1cccc([C+](C)c2ccc(C)cc2)c1. The summed E-state index contributed by atoms with van der Waals surface area (Å²) in [7, 11) is 0. The van der Waals surface area contributed by atoms with E-state index in [1.54, 1.807) is 0 Å². The second kappa shape index (κ2) is 5.01. The van der Waals surface area contributed by atoms with Gasteiger partial charge in [0, 0.05) is 18.1 Å². The Labute approximate surface area is 104 Å². The summed E-state index contributed by atoms with van der Waals surface area (Å²) in [5.74, 6) is 1.33. The first kappa shape index (κ1) is 11.7. The predicted octanol–water partition coefficient (Wildman–Crippen LogP) is 4.56. The standard InChI is InChI=1S/C17H18/c1-4-15-6-5-7-17(12-15)14(3)16-10-8-13(2)9-11-16/h4-12H,1-3H3. The van der Waals surface area contributed by atoms with Gasteiger partial charge in [-0.05, 0) is 43.7 Å². The molecule has 2 aromatic rings. The van der Waals surface area contributed by atoms with Gasteiger partial charge >= 0.3 is 0 Å². The van der Waals surface area contributed by atoms with Crippen molar-refractivity contribution in [3.8, 4) is 0 Å². The topological polar surface area (TPSA) is 0 Å². The molecule has 0 fully saturated rings. The van der Waals surface area contributed by atoms with Crippen molar-refractivity contribution in [2.24, 2.45) is 0 Å². The van der Waals surface area contributed by atoms with E-state index in [-0.39, 0.29) is 0 Å². The average molecular weight is 222 g/mol. The zero-order valence-corrected chi connectivity index (χ0v) is 10.7. The van der Waals surface area contributed by atoms with Crippen LogP contribution in [0.4, 0.5) is 0 Å². The van der Waals surface area contributed by atoms with Gasteiger partial charge in [0.15, 0.2) is 0 Å². The van der Waals surface area contributed by atoms with Crippen LogP contribution in [-0.4, -0.2) is 0 Å². The summed E-state index contributed by atoms with van der Waals surface area (Å²) < 4.78 is 0. The maximum atomic E-state index is 2.23. The zero-order valence-electron chi connectivity index (χ0n) is 10.7. The molecule has 0 N–H and O–H groups in total. The highest BCUT2D eigenvalue weighted by atomic mass is 14.1. The van der Waals surface area contributed by atoms with Crippen LogP contribution in [0.25, 0.3) is 0 Å². The first-order valence-electron chi connectivity index (χ1n) is 6.01. The van der Waals surface area contributed by atoms with Crippen molar-refractivity contribution in [2.45, 2.75) is 20.8 Å². The van der Waals surface area contributed by atoms with Gasteiger partial charge in [0.2, 0.25) is 0 Å². The molecule has 0 spiro atoms. The zero-order chi connectivity index (χ0) is 12.3. The Morgan fingerprint density at radius 3 is 2.29 bits per heavy atom. The molecule has 0 aliphatic carbocycles. The Kier molecular flexibility index (Phi) is 3.43. The molecule has 0 aliphatic heterocycles. The summed E-state index contributed by atoms with van der Waals surface area (Å²) in [5.41, 5.74) is 5.17. The maximum absolute atomic E-state index is 2.23. The summed E-state index contributed by atoms with van der Waals surface area (Å²) in [4.78, 5) is 0. The largest absolute Gasteiger partial charge is 0.167 e. The highest BCUT2D eigenvalue weighted by Gasteiger charge is 2.14. The molecule has 86 valence electrons. The molecule has 0 saturated heterocycles. The summed E-state index contributed by atoms with van der Waals surface area (Å²) >= 11 is 0. The first-order chi connectivity index (χ1) is 8.20. The van der Waals surface area contributed by atoms with Crippen LogP contribution >= 0.6 is 0 Å². The second-order valence-electron chi connectivity index (χ2n) is 4.41. The molecule has 0 unspecified atom stereocenters. The molecule has 0 heteroatoms. The van der Waals surface area contributed by atoms with Crippen LogP contribution in [0, 0.1) is 19.3 Å². The highest BCUT2D eigenvalue weighted by molar-refractivity contribution is 5.46. The summed E-state index contributed by atoms with van der Waals surface area (Å²) in [6, 6.07) is 17.3. The summed E-state index contributed by atoms with van der Waals surface area (Å²) in [6.07, 6.45) is 2.13. The fourth-order valence-corrected chi connectivity index (χ4v) is 1.92. The van der Waals surface area contributed by atoms with Crippen LogP contribution in [0.5, 0.6) is 0 Å². The lowest BCUT2D eigenvalue weighted by Crippen LogP contribution is -1.97. The van der Waals surface area contributed by atoms with Crippen molar-refractivity contribution in [3.05, 3.63) is 83.1 Å². The lowest BCUT2D eigenvalue weighted by atomic mass is 9.91. The second-order valence-corrected chi connectivity index (χ2v) is 4.41. The molecule has 0 aliphatic rings. The third-order valence-electron chi connectivity index (χ3n) is 3.14. The fraction of sp³-hybridized carbons (Fsp3) is 0.176. The Balaban J connectivity index is 2.29. The number of aryl methyl sites for hydroxylation is 1. The normalized spacial score (nSPS) is 10.1. The molecular weight excluding hydrogens is 204 g/mol. The summed E-state index contributed by atoms with van der Waals surface area (Å²) in [5, 5.41) is 0. The Morgan fingerprint density at radius 2 is 1.65 bits per heavy atom. The van der Waals surface area contributed by atoms with Gasteiger partial charge in [-0.15, -0.1) is 11.6 Å². The summed E-state index contributed by atoms with van der Waals surface area (Å²) in [6.45, 7) is 6.37. The van der Waals surface area contributed by atoms with Crippen molar-refractivity contribution in [1.29, 1.82) is 0 Å². The Hall–Kier alpha value is -1.82. The number of rotatable bonds is 3. The van der Waals surface area contributed by atoms with Crippen LogP contribution in [0.3, 0.4) is 0 Å². The van der Waals surface area contributed by atoms with Crippen LogP contribution in [0.2, 0.25) is 0 Å². The van der Waals surface area contributed by atoms with E-state index in [0.717, 1.165) is 0 Å². The van der Waals surface area contributed by atoms with Crippen molar-refractivity contribution in [1.82, 2.24) is 0 Å². The minimum Gasteiger partial charge on any atom is -0.167 e. The lowest BCUT2D eigenvalue weighted by Gasteiger charge is -2.09. The van der Waals surface area contributed by atoms with E-state index in [9.17, 15) is 0 Å². The quantitative estimate of drug-likeness (QED) is 0.668. The molecule has 17 heavy (non-hydrogen) atoms. The molecule has 2 aromatic carbocycles. The monoisotopic (exact) mass is 222 g/mol. The third kappa shape index (κ3) is 2.65. The smallest absolute Gasteiger partial charge is 0.0753 e. The van der Waals surface area contributed by atoms with Crippen LogP contribution < -0.4 is 0 Å². The molecule has 0 saturated carbocycles. The Morgan fingerprint density at radius 1 is 0.941 bits per heavy atom. The minimum atomic E-state index is 1.27. The molecule has 0 radical (unpaired) electrons. The van der Waals surface area contributed by atoms with Gasteiger partial charge in [-0.1, -0.05) is 13.0 Å². The number of hydrogen-bond donors (Lipinski definition) is 0. The average Bonchev–Trinajstić information content (AvgIpc) is 2.39. The molecule has 0 atom stereocenters. The van der Waals surface area contributed by atoms with Gasteiger partial charge in [-0.2, -0.15) is 6.42 Å². The molecular formula is C17H18. The predicted molar refractivity (Wildman–Crippen MR) is 73.8 cm³/mol. The first-order valence-corrected chi connectivity index (χ1v) is 6.01. The van der Waals surface area contributed by atoms with Gasteiger partial charge < -0.3 is 0 Å². The van der Waals surface area contributed by atoms with E-state index >= 15 is 0 Å². The molecule has 0 bridgehead atoms. The third-order valence-corrected chi connectivity index (χ3v) is 3.14. The molecule has 0 amide bonds. The van der Waals surface area contributed by atoms with Crippen molar-refractivity contribution >= 4 is 0 Å².